The molecule has 0 aliphatic heterocycles. The third kappa shape index (κ3) is 5.05. The Hall–Kier alpha value is -0.440. The maximum Gasteiger partial charge on any atom is 0.188 e. The van der Waals surface area contributed by atoms with Gasteiger partial charge in [0.1, 0.15) is 10.0 Å². The maximum atomic E-state index is 5.78. The quantitative estimate of drug-likeness (QED) is 0.463. The third-order valence-electron chi connectivity index (χ3n) is 2.96. The lowest BCUT2D eigenvalue weighted by Gasteiger charge is -2.23. The number of guanidine groups is 1. The van der Waals surface area contributed by atoms with Gasteiger partial charge in [-0.1, -0.05) is 6.42 Å². The second kappa shape index (κ2) is 7.88. The number of aromatic nitrogens is 2. The lowest BCUT2D eigenvalue weighted by Crippen LogP contribution is -2.34. The molecule has 0 unspecified atom stereocenters. The van der Waals surface area contributed by atoms with Crippen molar-refractivity contribution in [2.45, 2.75) is 32.6 Å². The highest BCUT2D eigenvalue weighted by molar-refractivity contribution is 14.0. The van der Waals surface area contributed by atoms with Crippen LogP contribution in [0, 0.1) is 12.8 Å². The van der Waals surface area contributed by atoms with Crippen molar-refractivity contribution in [3.8, 4) is 0 Å². The largest absolute Gasteiger partial charge is 0.370 e. The van der Waals surface area contributed by atoms with E-state index in [1.165, 1.54) is 19.3 Å². The highest BCUT2D eigenvalue weighted by atomic mass is 127. The predicted octanol–water partition coefficient (Wildman–Crippen LogP) is 1.71. The number of aryl methyl sites for hydroxylation is 1. The molecule has 1 heterocycles. The van der Waals surface area contributed by atoms with E-state index in [2.05, 4.69) is 20.5 Å². The summed E-state index contributed by atoms with van der Waals surface area (Å²) < 4.78 is 0. The van der Waals surface area contributed by atoms with Gasteiger partial charge >= 0.3 is 0 Å². The van der Waals surface area contributed by atoms with Gasteiger partial charge < -0.3 is 11.1 Å². The van der Waals surface area contributed by atoms with E-state index in [-0.39, 0.29) is 24.0 Å². The van der Waals surface area contributed by atoms with E-state index in [1.54, 1.807) is 11.3 Å². The van der Waals surface area contributed by atoms with Crippen LogP contribution in [0.4, 0.5) is 0 Å². The zero-order chi connectivity index (χ0) is 12.1. The average Bonchev–Trinajstić information content (AvgIpc) is 2.62. The minimum Gasteiger partial charge on any atom is -0.370 e. The molecule has 0 radical (unpaired) electrons. The Bertz CT molecular complexity index is 389. The number of halogens is 1. The summed E-state index contributed by atoms with van der Waals surface area (Å²) in [6.07, 6.45) is 4.82. The normalized spacial score (nSPS) is 15.9. The molecule has 0 saturated heterocycles. The molecule has 0 bridgehead atoms. The molecule has 1 aliphatic rings. The van der Waals surface area contributed by atoms with E-state index >= 15 is 0 Å². The summed E-state index contributed by atoms with van der Waals surface area (Å²) >= 11 is 1.63. The number of hydrogen-bond donors (Lipinski definition) is 2. The first-order chi connectivity index (χ1) is 8.24. The van der Waals surface area contributed by atoms with E-state index in [1.807, 2.05) is 6.92 Å². The van der Waals surface area contributed by atoms with Crippen LogP contribution in [0.5, 0.6) is 0 Å². The summed E-state index contributed by atoms with van der Waals surface area (Å²) in [5.74, 6) is 1.32. The van der Waals surface area contributed by atoms with Crippen molar-refractivity contribution < 1.29 is 0 Å². The highest BCUT2D eigenvalue weighted by Gasteiger charge is 2.16. The van der Waals surface area contributed by atoms with Gasteiger partial charge in [0.05, 0.1) is 0 Å². The summed E-state index contributed by atoms with van der Waals surface area (Å²) in [4.78, 5) is 4.33. The van der Waals surface area contributed by atoms with E-state index in [9.17, 15) is 0 Å². The smallest absolute Gasteiger partial charge is 0.188 e. The van der Waals surface area contributed by atoms with Crippen LogP contribution in [-0.2, 0) is 6.42 Å². The molecule has 0 aromatic carbocycles. The van der Waals surface area contributed by atoms with Crippen LogP contribution in [0.3, 0.4) is 0 Å². The van der Waals surface area contributed by atoms with Gasteiger partial charge in [0, 0.05) is 19.5 Å². The van der Waals surface area contributed by atoms with Crippen LogP contribution >= 0.6 is 35.3 Å². The van der Waals surface area contributed by atoms with Gasteiger partial charge in [0.2, 0.25) is 0 Å². The summed E-state index contributed by atoms with van der Waals surface area (Å²) in [5, 5.41) is 13.2. The van der Waals surface area contributed by atoms with Crippen LogP contribution in [0.1, 0.15) is 29.3 Å². The van der Waals surface area contributed by atoms with Crippen molar-refractivity contribution in [1.82, 2.24) is 15.5 Å². The fourth-order valence-corrected chi connectivity index (χ4v) is 2.40. The standard InChI is InChI=1S/C11H19N5S.HI/c1-8-15-16-10(17-8)5-6-13-11(12)14-7-9-3-2-4-9;/h9H,2-7H2,1H3,(H3,12,13,14);1H. The summed E-state index contributed by atoms with van der Waals surface area (Å²) in [7, 11) is 0. The van der Waals surface area contributed by atoms with Gasteiger partial charge in [-0.15, -0.1) is 45.5 Å². The van der Waals surface area contributed by atoms with Crippen molar-refractivity contribution in [3.05, 3.63) is 10.0 Å². The molecule has 1 saturated carbocycles. The number of nitrogens with one attached hydrogen (secondary N) is 1. The molecule has 1 aromatic rings. The van der Waals surface area contributed by atoms with Crippen LogP contribution in [0.25, 0.3) is 0 Å². The second-order valence-electron chi connectivity index (χ2n) is 4.41. The second-order valence-corrected chi connectivity index (χ2v) is 5.68. The Morgan fingerprint density at radius 3 is 2.83 bits per heavy atom. The van der Waals surface area contributed by atoms with Gasteiger partial charge in [-0.2, -0.15) is 0 Å². The molecule has 3 N–H and O–H groups in total. The molecule has 18 heavy (non-hydrogen) atoms. The van der Waals surface area contributed by atoms with Gasteiger partial charge in [-0.05, 0) is 25.7 Å². The molecule has 0 spiro atoms. The Morgan fingerprint density at radius 1 is 1.50 bits per heavy atom. The molecule has 0 amide bonds. The zero-order valence-electron chi connectivity index (χ0n) is 10.6. The predicted molar refractivity (Wildman–Crippen MR) is 85.6 cm³/mol. The van der Waals surface area contributed by atoms with Crippen molar-refractivity contribution in [2.75, 3.05) is 13.1 Å². The van der Waals surface area contributed by atoms with Crippen molar-refractivity contribution >= 4 is 41.3 Å². The first-order valence-electron chi connectivity index (χ1n) is 6.07. The molecule has 1 aliphatic carbocycles. The number of rotatable bonds is 5. The van der Waals surface area contributed by atoms with Crippen molar-refractivity contribution in [2.24, 2.45) is 16.6 Å². The highest BCUT2D eigenvalue weighted by Crippen LogP contribution is 2.26. The molecule has 102 valence electrons. The molecule has 0 atom stereocenters. The summed E-state index contributed by atoms with van der Waals surface area (Å²) in [6, 6.07) is 0. The first-order valence-corrected chi connectivity index (χ1v) is 6.88. The zero-order valence-corrected chi connectivity index (χ0v) is 13.7. The molecule has 1 aromatic heterocycles. The van der Waals surface area contributed by atoms with Gasteiger partial charge in [-0.3, -0.25) is 4.99 Å². The first kappa shape index (κ1) is 15.6. The molecular formula is C11H20IN5S. The Kier molecular flexibility index (Phi) is 6.83. The molecular weight excluding hydrogens is 361 g/mol. The molecule has 7 heteroatoms. The van der Waals surface area contributed by atoms with Gasteiger partial charge in [0.15, 0.2) is 5.96 Å². The summed E-state index contributed by atoms with van der Waals surface area (Å²) in [5.41, 5.74) is 5.78. The number of nitrogens with zero attached hydrogens (tertiary/aromatic N) is 3. The number of nitrogens with two attached hydrogens (primary N) is 1. The average molecular weight is 381 g/mol. The van der Waals surface area contributed by atoms with E-state index in [0.29, 0.717) is 5.96 Å². The van der Waals surface area contributed by atoms with Crippen molar-refractivity contribution in [1.29, 1.82) is 0 Å². The van der Waals surface area contributed by atoms with Crippen LogP contribution in [0.2, 0.25) is 0 Å². The van der Waals surface area contributed by atoms with Crippen LogP contribution in [-0.4, -0.2) is 29.2 Å². The Balaban J connectivity index is 0.00000162. The SMILES string of the molecule is Cc1nnc(CCNC(N)=NCC2CCC2)s1.I. The topological polar surface area (TPSA) is 76.2 Å². The minimum atomic E-state index is 0. The number of hydrogen-bond acceptors (Lipinski definition) is 4. The van der Waals surface area contributed by atoms with Crippen molar-refractivity contribution in [3.63, 3.8) is 0 Å². The Labute approximate surface area is 129 Å². The third-order valence-corrected chi connectivity index (χ3v) is 3.86. The summed E-state index contributed by atoms with van der Waals surface area (Å²) in [6.45, 7) is 3.61. The monoisotopic (exact) mass is 381 g/mol. The van der Waals surface area contributed by atoms with Gasteiger partial charge in [0.25, 0.3) is 0 Å². The molecule has 5 nitrogen and oxygen atoms in total. The maximum absolute atomic E-state index is 5.78. The fourth-order valence-electron chi connectivity index (χ4n) is 1.69. The lowest BCUT2D eigenvalue weighted by molar-refractivity contribution is 0.326. The Morgan fingerprint density at radius 2 is 2.28 bits per heavy atom. The van der Waals surface area contributed by atoms with E-state index in [0.717, 1.165) is 35.4 Å². The minimum absolute atomic E-state index is 0. The van der Waals surface area contributed by atoms with Crippen LogP contribution < -0.4 is 11.1 Å². The molecule has 2 rings (SSSR count). The fraction of sp³-hybridized carbons (Fsp3) is 0.727. The molecule has 1 fully saturated rings. The van der Waals surface area contributed by atoms with Gasteiger partial charge in [-0.25, -0.2) is 0 Å². The van der Waals surface area contributed by atoms with Crippen LogP contribution in [0.15, 0.2) is 4.99 Å². The number of aliphatic imine (C=N–C) groups is 1. The van der Waals surface area contributed by atoms with E-state index < -0.39 is 0 Å². The lowest BCUT2D eigenvalue weighted by atomic mass is 9.86. The van der Waals surface area contributed by atoms with E-state index in [4.69, 9.17) is 5.73 Å².